The molecule has 0 radical (unpaired) electrons. The van der Waals surface area contributed by atoms with E-state index in [1.165, 1.54) is 38.5 Å². The minimum atomic E-state index is -4.57. The van der Waals surface area contributed by atoms with E-state index < -0.39 is 58.4 Å². The number of hydrogen-bond acceptors (Lipinski definition) is 9. The van der Waals surface area contributed by atoms with Gasteiger partial charge in [0.15, 0.2) is 0 Å². The molecular weight excluding hydrogens is 455 g/mol. The molecule has 0 spiro atoms. The summed E-state index contributed by atoms with van der Waals surface area (Å²) in [6.45, 7) is 1.47. The molecule has 33 heavy (non-hydrogen) atoms. The van der Waals surface area contributed by atoms with Gasteiger partial charge in [-0.25, -0.2) is 4.57 Å². The molecule has 3 unspecified atom stereocenters. The zero-order chi connectivity index (χ0) is 25.0. The summed E-state index contributed by atoms with van der Waals surface area (Å²) in [6.07, 6.45) is 9.42. The quantitative estimate of drug-likeness (QED) is 0.115. The molecule has 0 rings (SSSR count). The Labute approximate surface area is 197 Å². The summed E-state index contributed by atoms with van der Waals surface area (Å²) in [4.78, 5) is 32.8. The smallest absolute Gasteiger partial charge is 0.457 e. The third kappa shape index (κ3) is 19.0. The third-order valence-corrected chi connectivity index (χ3v) is 5.82. The van der Waals surface area contributed by atoms with Gasteiger partial charge in [0.05, 0.1) is 26.4 Å². The van der Waals surface area contributed by atoms with Crippen molar-refractivity contribution in [3.05, 3.63) is 0 Å². The minimum Gasteiger partial charge on any atom is -0.457 e. The van der Waals surface area contributed by atoms with Gasteiger partial charge in [0, 0.05) is 12.8 Å². The topological polar surface area (TPSA) is 149 Å². The predicted octanol–water partition coefficient (Wildman–Crippen LogP) is 3.65. The van der Waals surface area contributed by atoms with Gasteiger partial charge in [0.1, 0.15) is 12.2 Å². The largest absolute Gasteiger partial charge is 0.472 e. The Morgan fingerprint density at radius 3 is 1.58 bits per heavy atom. The highest BCUT2D eigenvalue weighted by Crippen LogP contribution is 2.43. The Morgan fingerprint density at radius 1 is 0.727 bits per heavy atom. The first-order chi connectivity index (χ1) is 15.8. The van der Waals surface area contributed by atoms with Crippen molar-refractivity contribution in [1.29, 1.82) is 0 Å². The second kappa shape index (κ2) is 20.4. The number of unbranched alkanes of at least 4 members (excludes halogenated alkanes) is 9. The fraction of sp³-hybridized carbons (Fsp3) is 0.909. The number of esters is 2. The lowest BCUT2D eigenvalue weighted by atomic mass is 10.1. The predicted molar refractivity (Wildman–Crippen MR) is 122 cm³/mol. The number of hydrogen-bond donors (Lipinski definition) is 3. The van der Waals surface area contributed by atoms with Crippen LogP contribution in [0, 0.1) is 0 Å². The van der Waals surface area contributed by atoms with E-state index in [2.05, 4.69) is 6.92 Å². The van der Waals surface area contributed by atoms with Gasteiger partial charge in [-0.05, 0) is 6.42 Å². The molecule has 0 saturated carbocycles. The maximum Gasteiger partial charge on any atom is 0.472 e. The summed E-state index contributed by atoms with van der Waals surface area (Å²) in [5, 5.41) is 18.5. The SMILES string of the molecule is CCCCCCCCCCCCC(=O)OC(CO)COP(=O)(O)OCC(CO)OC(=O)CC. The van der Waals surface area contributed by atoms with Gasteiger partial charge in [-0.3, -0.25) is 18.6 Å². The molecule has 0 aliphatic carbocycles. The minimum absolute atomic E-state index is 0.0759. The van der Waals surface area contributed by atoms with E-state index >= 15 is 0 Å². The Morgan fingerprint density at radius 2 is 1.15 bits per heavy atom. The molecule has 196 valence electrons. The normalized spacial score (nSPS) is 14.9. The first-order valence-corrected chi connectivity index (χ1v) is 13.5. The van der Waals surface area contributed by atoms with Crippen LogP contribution in [0.25, 0.3) is 0 Å². The summed E-state index contributed by atoms with van der Waals surface area (Å²) in [5.41, 5.74) is 0. The standard InChI is InChI=1S/C22H43O10P/c1-3-5-6-7-8-9-10-11-12-13-14-22(26)32-20(16-24)18-30-33(27,28)29-17-19(15-23)31-21(25)4-2/h19-20,23-24H,3-18H2,1-2H3,(H,27,28). The maximum absolute atomic E-state index is 11.9. The highest BCUT2D eigenvalue weighted by Gasteiger charge is 2.27. The van der Waals surface area contributed by atoms with E-state index in [1.54, 1.807) is 6.92 Å². The summed E-state index contributed by atoms with van der Waals surface area (Å²) < 4.78 is 31.3. The molecule has 10 nitrogen and oxygen atoms in total. The zero-order valence-corrected chi connectivity index (χ0v) is 21.0. The van der Waals surface area contributed by atoms with E-state index in [-0.39, 0.29) is 12.8 Å². The van der Waals surface area contributed by atoms with Crippen molar-refractivity contribution in [2.45, 2.75) is 103 Å². The molecule has 3 N–H and O–H groups in total. The fourth-order valence-electron chi connectivity index (χ4n) is 2.91. The van der Waals surface area contributed by atoms with Crippen LogP contribution in [0.3, 0.4) is 0 Å². The Bertz CT molecular complexity index is 557. The molecule has 0 aromatic heterocycles. The first kappa shape index (κ1) is 32.0. The molecule has 0 saturated heterocycles. The van der Waals surface area contributed by atoms with Crippen LogP contribution in [0.1, 0.15) is 90.9 Å². The molecule has 0 aliphatic rings. The second-order valence-electron chi connectivity index (χ2n) is 7.93. The van der Waals surface area contributed by atoms with Crippen LogP contribution in [-0.2, 0) is 32.7 Å². The lowest BCUT2D eigenvalue weighted by Crippen LogP contribution is -2.28. The van der Waals surface area contributed by atoms with E-state index in [4.69, 9.17) is 23.6 Å². The van der Waals surface area contributed by atoms with E-state index in [1.807, 2.05) is 0 Å². The van der Waals surface area contributed by atoms with Crippen molar-refractivity contribution in [1.82, 2.24) is 0 Å². The Hall–Kier alpha value is -1.03. The van der Waals surface area contributed by atoms with Crippen molar-refractivity contribution in [3.8, 4) is 0 Å². The van der Waals surface area contributed by atoms with Gasteiger partial charge in [0.2, 0.25) is 0 Å². The average molecular weight is 499 g/mol. The van der Waals surface area contributed by atoms with Gasteiger partial charge >= 0.3 is 19.8 Å². The van der Waals surface area contributed by atoms with Crippen LogP contribution in [-0.4, -0.2) is 65.7 Å². The molecule has 0 aromatic rings. The number of phosphoric ester groups is 1. The van der Waals surface area contributed by atoms with Crippen molar-refractivity contribution < 1.29 is 47.8 Å². The van der Waals surface area contributed by atoms with Gasteiger partial charge in [-0.1, -0.05) is 71.6 Å². The molecule has 0 bridgehead atoms. The number of aliphatic hydroxyl groups is 2. The number of carbonyl (C=O) groups is 2. The highest BCUT2D eigenvalue weighted by molar-refractivity contribution is 7.47. The summed E-state index contributed by atoms with van der Waals surface area (Å²) in [5.74, 6) is -1.11. The Kier molecular flexibility index (Phi) is 19.7. The number of ether oxygens (including phenoxy) is 2. The lowest BCUT2D eigenvalue weighted by molar-refractivity contribution is -0.153. The first-order valence-electron chi connectivity index (χ1n) is 12.0. The van der Waals surface area contributed by atoms with Crippen LogP contribution >= 0.6 is 7.82 Å². The zero-order valence-electron chi connectivity index (χ0n) is 20.1. The van der Waals surface area contributed by atoms with E-state index in [9.17, 15) is 24.2 Å². The number of rotatable bonds is 22. The number of aliphatic hydroxyl groups excluding tert-OH is 2. The number of carbonyl (C=O) groups excluding carboxylic acids is 2. The van der Waals surface area contributed by atoms with Crippen LogP contribution in [0.4, 0.5) is 0 Å². The Balaban J connectivity index is 4.03. The van der Waals surface area contributed by atoms with Gasteiger partial charge in [-0.2, -0.15) is 0 Å². The van der Waals surface area contributed by atoms with E-state index in [0.717, 1.165) is 19.3 Å². The summed E-state index contributed by atoms with van der Waals surface area (Å²) in [7, 11) is -4.57. The molecule has 0 aromatic carbocycles. The van der Waals surface area contributed by atoms with Crippen molar-refractivity contribution in [2.24, 2.45) is 0 Å². The third-order valence-electron chi connectivity index (χ3n) is 4.87. The number of phosphoric acid groups is 1. The lowest BCUT2D eigenvalue weighted by Gasteiger charge is -2.20. The maximum atomic E-state index is 11.9. The molecule has 0 aliphatic heterocycles. The average Bonchev–Trinajstić information content (AvgIpc) is 2.80. The van der Waals surface area contributed by atoms with Gasteiger partial charge < -0.3 is 24.6 Å². The van der Waals surface area contributed by atoms with Crippen LogP contribution in [0.2, 0.25) is 0 Å². The second-order valence-corrected chi connectivity index (χ2v) is 9.39. The van der Waals surface area contributed by atoms with Crippen LogP contribution in [0.15, 0.2) is 0 Å². The molecule has 0 heterocycles. The van der Waals surface area contributed by atoms with Crippen molar-refractivity contribution in [2.75, 3.05) is 26.4 Å². The van der Waals surface area contributed by atoms with E-state index in [0.29, 0.717) is 6.42 Å². The van der Waals surface area contributed by atoms with Crippen LogP contribution in [0.5, 0.6) is 0 Å². The highest BCUT2D eigenvalue weighted by atomic mass is 31.2. The molecule has 11 heteroatoms. The summed E-state index contributed by atoms with van der Waals surface area (Å²) >= 11 is 0. The summed E-state index contributed by atoms with van der Waals surface area (Å²) in [6, 6.07) is 0. The van der Waals surface area contributed by atoms with Crippen LogP contribution < -0.4 is 0 Å². The molecule has 0 fully saturated rings. The van der Waals surface area contributed by atoms with Gasteiger partial charge in [0.25, 0.3) is 0 Å². The molecular formula is C22H43O10P. The van der Waals surface area contributed by atoms with Crippen molar-refractivity contribution in [3.63, 3.8) is 0 Å². The molecule has 3 atom stereocenters. The molecule has 0 amide bonds. The monoisotopic (exact) mass is 498 g/mol. The van der Waals surface area contributed by atoms with Crippen molar-refractivity contribution >= 4 is 19.8 Å². The van der Waals surface area contributed by atoms with Gasteiger partial charge in [-0.15, -0.1) is 0 Å². The fourth-order valence-corrected chi connectivity index (χ4v) is 3.69.